The highest BCUT2D eigenvalue weighted by Gasteiger charge is 2.37. The lowest BCUT2D eigenvalue weighted by molar-refractivity contribution is -0.139. The van der Waals surface area contributed by atoms with Gasteiger partial charge in [-0.15, -0.1) is 0 Å². The monoisotopic (exact) mass is 245 g/mol. The normalized spacial score (nSPS) is 15.8. The van der Waals surface area contributed by atoms with Crippen molar-refractivity contribution >= 4 is 18.1 Å². The minimum Gasteiger partial charge on any atom is -0.480 e. The van der Waals surface area contributed by atoms with E-state index in [0.717, 1.165) is 12.8 Å². The van der Waals surface area contributed by atoms with E-state index in [-0.39, 0.29) is 19.1 Å². The maximum absolute atomic E-state index is 11.3. The van der Waals surface area contributed by atoms with Gasteiger partial charge >= 0.3 is 18.1 Å². The number of urea groups is 1. The molecule has 0 aromatic carbocycles. The highest BCUT2D eigenvalue weighted by atomic mass is 16.5. The number of nitrogens with two attached hydrogens (primary N) is 1. The summed E-state index contributed by atoms with van der Waals surface area (Å²) in [5.74, 6) is -1.03. The zero-order valence-corrected chi connectivity index (χ0v) is 9.14. The number of carbonyl (C=O) groups excluding carboxylic acids is 2. The van der Waals surface area contributed by atoms with Crippen LogP contribution in [-0.2, 0) is 9.53 Å². The third-order valence-corrected chi connectivity index (χ3v) is 2.28. The summed E-state index contributed by atoms with van der Waals surface area (Å²) in [6, 6.07) is -1.45. The van der Waals surface area contributed by atoms with E-state index in [9.17, 15) is 14.4 Å². The smallest absolute Gasteiger partial charge is 0.404 e. The Hall–Kier alpha value is -1.99. The second kappa shape index (κ2) is 5.92. The first-order valence-corrected chi connectivity index (χ1v) is 5.20. The highest BCUT2D eigenvalue weighted by Crippen LogP contribution is 2.32. The van der Waals surface area contributed by atoms with Crippen molar-refractivity contribution in [1.29, 1.82) is 0 Å². The summed E-state index contributed by atoms with van der Waals surface area (Å²) in [7, 11) is 0. The molecule has 5 N–H and O–H groups in total. The molecule has 0 saturated heterocycles. The molecule has 1 aliphatic rings. The van der Waals surface area contributed by atoms with Gasteiger partial charge in [0.15, 0.2) is 0 Å². The molecule has 0 radical (unpaired) electrons. The predicted octanol–water partition coefficient (Wildman–Crippen LogP) is -0.756. The molecule has 1 fully saturated rings. The van der Waals surface area contributed by atoms with Gasteiger partial charge in [-0.3, -0.25) is 0 Å². The van der Waals surface area contributed by atoms with Gasteiger partial charge in [-0.05, 0) is 18.8 Å². The second-order valence-electron chi connectivity index (χ2n) is 3.72. The number of primary amides is 1. The minimum atomic E-state index is -1.05. The zero-order valence-electron chi connectivity index (χ0n) is 9.14. The van der Waals surface area contributed by atoms with E-state index in [4.69, 9.17) is 10.8 Å². The molecular formula is C9H15N3O5. The third kappa shape index (κ3) is 5.05. The van der Waals surface area contributed by atoms with E-state index in [1.807, 2.05) is 0 Å². The highest BCUT2D eigenvalue weighted by molar-refractivity contribution is 5.83. The van der Waals surface area contributed by atoms with Crippen molar-refractivity contribution in [2.24, 2.45) is 11.7 Å². The summed E-state index contributed by atoms with van der Waals surface area (Å²) in [6.07, 6.45) is 0.693. The van der Waals surface area contributed by atoms with Crippen LogP contribution in [-0.4, -0.2) is 42.4 Å². The first-order chi connectivity index (χ1) is 8.00. The van der Waals surface area contributed by atoms with Crippen LogP contribution in [0.2, 0.25) is 0 Å². The van der Waals surface area contributed by atoms with Crippen LogP contribution in [0.25, 0.3) is 0 Å². The summed E-state index contributed by atoms with van der Waals surface area (Å²) < 4.78 is 4.38. The van der Waals surface area contributed by atoms with Crippen molar-refractivity contribution in [3.05, 3.63) is 0 Å². The van der Waals surface area contributed by atoms with Crippen LogP contribution in [0.15, 0.2) is 0 Å². The Bertz CT molecular complexity index is 316. The SMILES string of the molecule is NC(=O)OCCNC(=O)NC(C(=O)O)C1CC1. The number of carboxylic acid groups (broad SMARTS) is 1. The zero-order chi connectivity index (χ0) is 12.8. The van der Waals surface area contributed by atoms with Gasteiger partial charge in [0.1, 0.15) is 12.6 Å². The van der Waals surface area contributed by atoms with Crippen molar-refractivity contribution in [3.63, 3.8) is 0 Å². The molecular weight excluding hydrogens is 230 g/mol. The number of amides is 3. The minimum absolute atomic E-state index is 0.0140. The first-order valence-electron chi connectivity index (χ1n) is 5.20. The molecule has 1 atom stereocenters. The molecule has 17 heavy (non-hydrogen) atoms. The van der Waals surface area contributed by atoms with Gasteiger partial charge in [0.2, 0.25) is 0 Å². The Morgan fingerprint density at radius 2 is 2.06 bits per heavy atom. The summed E-state index contributed by atoms with van der Waals surface area (Å²) in [5.41, 5.74) is 4.71. The number of aliphatic carboxylic acids is 1. The van der Waals surface area contributed by atoms with Gasteiger partial charge in [-0.25, -0.2) is 14.4 Å². The maximum atomic E-state index is 11.3. The predicted molar refractivity (Wildman–Crippen MR) is 56.2 cm³/mol. The van der Waals surface area contributed by atoms with Crippen LogP contribution < -0.4 is 16.4 Å². The summed E-state index contributed by atoms with van der Waals surface area (Å²) >= 11 is 0. The molecule has 0 aliphatic heterocycles. The fourth-order valence-corrected chi connectivity index (χ4v) is 1.32. The molecule has 0 bridgehead atoms. The topological polar surface area (TPSA) is 131 Å². The molecule has 0 aromatic rings. The Morgan fingerprint density at radius 1 is 1.41 bits per heavy atom. The molecule has 0 heterocycles. The summed E-state index contributed by atoms with van der Waals surface area (Å²) in [5, 5.41) is 13.6. The van der Waals surface area contributed by atoms with Gasteiger partial charge in [0.25, 0.3) is 0 Å². The quantitative estimate of drug-likeness (QED) is 0.457. The van der Waals surface area contributed by atoms with Crippen molar-refractivity contribution < 1.29 is 24.2 Å². The van der Waals surface area contributed by atoms with Gasteiger partial charge in [-0.1, -0.05) is 0 Å². The first kappa shape index (κ1) is 13.1. The molecule has 0 aromatic heterocycles. The van der Waals surface area contributed by atoms with E-state index < -0.39 is 24.1 Å². The molecule has 96 valence electrons. The largest absolute Gasteiger partial charge is 0.480 e. The second-order valence-corrected chi connectivity index (χ2v) is 3.72. The van der Waals surface area contributed by atoms with Crippen LogP contribution in [0.4, 0.5) is 9.59 Å². The number of carbonyl (C=O) groups is 3. The van der Waals surface area contributed by atoms with Crippen LogP contribution in [0.3, 0.4) is 0 Å². The Kier molecular flexibility index (Phi) is 4.56. The fourth-order valence-electron chi connectivity index (χ4n) is 1.32. The van der Waals surface area contributed by atoms with Crippen LogP contribution >= 0.6 is 0 Å². The van der Waals surface area contributed by atoms with Crippen LogP contribution in [0.1, 0.15) is 12.8 Å². The lowest BCUT2D eigenvalue weighted by atomic mass is 10.2. The molecule has 1 rings (SSSR count). The fraction of sp³-hybridized carbons (Fsp3) is 0.667. The van der Waals surface area contributed by atoms with E-state index in [1.54, 1.807) is 0 Å². The Labute approximate surface area is 97.5 Å². The number of rotatable bonds is 6. The van der Waals surface area contributed by atoms with Crippen molar-refractivity contribution in [2.75, 3.05) is 13.2 Å². The lowest BCUT2D eigenvalue weighted by Gasteiger charge is -2.14. The molecule has 8 heteroatoms. The number of ether oxygens (including phenoxy) is 1. The third-order valence-electron chi connectivity index (χ3n) is 2.28. The number of carboxylic acids is 1. The number of nitrogens with one attached hydrogen (secondary N) is 2. The average Bonchev–Trinajstić information content (AvgIpc) is 3.04. The van der Waals surface area contributed by atoms with Crippen molar-refractivity contribution in [3.8, 4) is 0 Å². The van der Waals surface area contributed by atoms with Gasteiger partial charge in [-0.2, -0.15) is 0 Å². The van der Waals surface area contributed by atoms with Gasteiger partial charge in [0, 0.05) is 0 Å². The molecule has 1 aliphatic carbocycles. The Balaban J connectivity index is 2.18. The van der Waals surface area contributed by atoms with Crippen molar-refractivity contribution in [2.45, 2.75) is 18.9 Å². The van der Waals surface area contributed by atoms with E-state index in [1.165, 1.54) is 0 Å². The maximum Gasteiger partial charge on any atom is 0.404 e. The van der Waals surface area contributed by atoms with Crippen molar-refractivity contribution in [1.82, 2.24) is 10.6 Å². The molecule has 8 nitrogen and oxygen atoms in total. The molecule has 1 unspecified atom stereocenters. The molecule has 3 amide bonds. The lowest BCUT2D eigenvalue weighted by Crippen LogP contribution is -2.47. The standard InChI is InChI=1S/C9H15N3O5/c10-8(15)17-4-3-11-9(16)12-6(7(13)14)5-1-2-5/h5-6H,1-4H2,(H2,10,15)(H,13,14)(H2,11,12,16). The molecule has 1 saturated carbocycles. The average molecular weight is 245 g/mol. The summed E-state index contributed by atoms with van der Waals surface area (Å²) in [4.78, 5) is 32.3. The van der Waals surface area contributed by atoms with Crippen LogP contribution in [0.5, 0.6) is 0 Å². The van der Waals surface area contributed by atoms with E-state index in [0.29, 0.717) is 0 Å². The Morgan fingerprint density at radius 3 is 2.53 bits per heavy atom. The van der Waals surface area contributed by atoms with Crippen LogP contribution in [0, 0.1) is 5.92 Å². The van der Waals surface area contributed by atoms with Gasteiger partial charge < -0.3 is 26.2 Å². The van der Waals surface area contributed by atoms with E-state index in [2.05, 4.69) is 15.4 Å². The molecule has 0 spiro atoms. The summed E-state index contributed by atoms with van der Waals surface area (Å²) in [6.45, 7) is 0.0235. The van der Waals surface area contributed by atoms with E-state index >= 15 is 0 Å². The number of hydrogen-bond acceptors (Lipinski definition) is 4. The number of hydrogen-bond donors (Lipinski definition) is 4. The van der Waals surface area contributed by atoms with Gasteiger partial charge in [0.05, 0.1) is 6.54 Å².